The van der Waals surface area contributed by atoms with Crippen LogP contribution in [0.3, 0.4) is 0 Å². The maximum absolute atomic E-state index is 14.2. The first-order valence-corrected chi connectivity index (χ1v) is 53.4. The summed E-state index contributed by atoms with van der Waals surface area (Å²) >= 11 is 0. The molecule has 8 aromatic carbocycles. The number of allylic oxidation sites excluding steroid dienone is 4. The Hall–Kier alpha value is -9.40. The normalized spacial score (nSPS) is 17.9. The summed E-state index contributed by atoms with van der Waals surface area (Å²) in [6.45, 7) is 28.4. The van der Waals surface area contributed by atoms with Crippen molar-refractivity contribution in [3.05, 3.63) is 289 Å². The van der Waals surface area contributed by atoms with E-state index in [-0.39, 0.29) is 100 Å². The number of nitrogens with zero attached hydrogens (tertiary/aromatic N) is 4. The van der Waals surface area contributed by atoms with Gasteiger partial charge in [0.1, 0.15) is 46.0 Å². The van der Waals surface area contributed by atoms with Crippen molar-refractivity contribution in [2.75, 3.05) is 83.3 Å². The van der Waals surface area contributed by atoms with Crippen molar-refractivity contribution in [3.8, 4) is 46.0 Å². The summed E-state index contributed by atoms with van der Waals surface area (Å²) in [7, 11) is -1.69. The van der Waals surface area contributed by atoms with Crippen LogP contribution in [0.5, 0.6) is 46.0 Å². The predicted octanol–water partition coefficient (Wildman–Crippen LogP) is 20.7. The highest BCUT2D eigenvalue weighted by Crippen LogP contribution is 2.38. The fourth-order valence-corrected chi connectivity index (χ4v) is 26.6. The van der Waals surface area contributed by atoms with Crippen LogP contribution in [-0.4, -0.2) is 180 Å². The Labute approximate surface area is 812 Å². The number of ether oxygens (including phenoxy) is 12. The molecule has 0 aliphatic carbocycles. The Bertz CT molecular complexity index is 4460. The summed E-state index contributed by atoms with van der Waals surface area (Å²) in [6.07, 6.45) is 19.2. The monoisotopic (exact) mass is 1950 g/mol. The zero-order valence-electron chi connectivity index (χ0n) is 81.9. The van der Waals surface area contributed by atoms with E-state index in [1.807, 2.05) is 222 Å². The van der Waals surface area contributed by atoms with Crippen molar-refractivity contribution < 1.29 is 90.5 Å². The third-order valence-corrected chi connectivity index (χ3v) is 35.5. The lowest BCUT2D eigenvalue weighted by Crippen LogP contribution is -2.42. The molecule has 0 N–H and O–H groups in total. The highest BCUT2D eigenvalue weighted by atomic mass is 32.2. The molecule has 0 spiro atoms. The molecule has 744 valence electrons. The first-order chi connectivity index (χ1) is 65.5. The average molecular weight is 1950 g/mol. The molecule has 136 heavy (non-hydrogen) atoms. The van der Waals surface area contributed by atoms with E-state index in [0.29, 0.717) is 77.8 Å². The first-order valence-electron chi connectivity index (χ1n) is 47.4. The lowest BCUT2D eigenvalue weighted by Gasteiger charge is -2.32. The summed E-state index contributed by atoms with van der Waals surface area (Å²) in [5.41, 5.74) is 7.26. The molecule has 4 aliphatic heterocycles. The van der Waals surface area contributed by atoms with Gasteiger partial charge >= 0.3 is 0 Å². The van der Waals surface area contributed by atoms with Gasteiger partial charge in [-0.1, -0.05) is 149 Å². The van der Waals surface area contributed by atoms with Crippen molar-refractivity contribution in [1.29, 1.82) is 0 Å². The number of rotatable bonds is 52. The van der Waals surface area contributed by atoms with Gasteiger partial charge in [-0.3, -0.25) is 0 Å². The second-order valence-electron chi connectivity index (χ2n) is 35.7. The van der Waals surface area contributed by atoms with Gasteiger partial charge in [-0.05, 0) is 268 Å². The molecule has 24 nitrogen and oxygen atoms in total. The molecule has 12 atom stereocenters. The van der Waals surface area contributed by atoms with E-state index in [1.54, 1.807) is 98.4 Å². The van der Waals surface area contributed by atoms with E-state index in [0.717, 1.165) is 142 Å². The smallest absolute Gasteiger partial charge is 0.217 e. The fraction of sp³-hybridized carbons (Fsp3) is 0.481. The van der Waals surface area contributed by atoms with Crippen LogP contribution in [0, 0.1) is 23.7 Å². The predicted molar refractivity (Wildman–Crippen MR) is 542 cm³/mol. The minimum atomic E-state index is -3.66. The fourth-order valence-electron chi connectivity index (χ4n) is 17.8. The number of sulfonamides is 4. The van der Waals surface area contributed by atoms with Gasteiger partial charge in [0, 0.05) is 78.8 Å². The van der Waals surface area contributed by atoms with Crippen molar-refractivity contribution in [1.82, 2.24) is 17.2 Å². The van der Waals surface area contributed by atoms with Gasteiger partial charge < -0.3 is 56.8 Å². The molecule has 0 saturated carbocycles. The molecule has 12 rings (SSSR count). The lowest BCUT2D eigenvalue weighted by atomic mass is 9.98. The van der Waals surface area contributed by atoms with E-state index in [4.69, 9.17) is 56.8 Å². The van der Waals surface area contributed by atoms with Gasteiger partial charge in [-0.2, -0.15) is 17.2 Å². The summed E-state index contributed by atoms with van der Waals surface area (Å²) < 4.78 is 185. The van der Waals surface area contributed by atoms with E-state index in [1.165, 1.54) is 0 Å². The number of benzene rings is 8. The van der Waals surface area contributed by atoms with Crippen LogP contribution in [0.15, 0.2) is 245 Å². The molecular weight excluding hydrogens is 1800 g/mol. The maximum Gasteiger partial charge on any atom is 0.217 e. The molecule has 0 bridgehead atoms. The number of methoxy groups -OCH3 is 8. The van der Waals surface area contributed by atoms with Crippen molar-refractivity contribution in [2.45, 2.75) is 228 Å². The van der Waals surface area contributed by atoms with Crippen molar-refractivity contribution >= 4 is 40.1 Å². The van der Waals surface area contributed by atoms with E-state index >= 15 is 0 Å². The molecule has 8 aromatic rings. The van der Waals surface area contributed by atoms with Gasteiger partial charge in [0.15, 0.2) is 0 Å². The van der Waals surface area contributed by atoms with Gasteiger partial charge in [-0.25, -0.2) is 33.7 Å². The molecular formula is C108H148N4O20S4. The lowest BCUT2D eigenvalue weighted by molar-refractivity contribution is 0.0988. The molecule has 0 aromatic heterocycles. The third-order valence-electron chi connectivity index (χ3n) is 25.9. The Kier molecular flexibility index (Phi) is 45.4. The third kappa shape index (κ3) is 33.4. The number of hydrogen-bond donors (Lipinski definition) is 0. The SMILES string of the molecule is C=CC[C@H](C)[C@@H](C[C@@H]1CCCO1)S(=O)(=O)N(Cc1ccc(OC)cc1)Cc1ccc(OC)cc1.C=CC[C@H](C)[C@@H](C[C@H]1CCCO1)S(=O)(=O)N(Cc1ccc(OC)cc1)Cc1ccc(OC)cc1.C=CC[C@H](C)[C@H](C[C@@H]1CCCO1)S(=O)(=O)N(Cc1ccc(OC)cc1)Cc1ccc(OC)cc1.C=CC[C@H](C)[C@H](C[C@H]1CCCO1)S(=O)(=O)N(Cc1ccc(OC)cc1)Cc1ccc(OC)cc1. The van der Waals surface area contributed by atoms with Crippen LogP contribution in [0.2, 0.25) is 0 Å². The molecule has 28 heteroatoms. The first kappa shape index (κ1) is 110. The molecule has 4 aliphatic rings. The second-order valence-corrected chi connectivity index (χ2v) is 44.3. The largest absolute Gasteiger partial charge is 0.497 e. The van der Waals surface area contributed by atoms with Crippen LogP contribution in [0.25, 0.3) is 0 Å². The van der Waals surface area contributed by atoms with Crippen LogP contribution in [-0.2, 0) is 111 Å². The topological polar surface area (TPSA) is 260 Å². The second kappa shape index (κ2) is 56.0. The summed E-state index contributed by atoms with van der Waals surface area (Å²) in [6, 6.07) is 60.4. The molecule has 4 fully saturated rings. The Balaban J connectivity index is 0.000000203. The molecule has 4 saturated heterocycles. The van der Waals surface area contributed by atoms with Gasteiger partial charge in [0.2, 0.25) is 40.1 Å². The van der Waals surface area contributed by atoms with Crippen molar-refractivity contribution in [2.24, 2.45) is 23.7 Å². The highest BCUT2D eigenvalue weighted by molar-refractivity contribution is 7.90. The Morgan fingerprint density at radius 2 is 0.390 bits per heavy atom. The van der Waals surface area contributed by atoms with Gasteiger partial charge in [-0.15, -0.1) is 26.3 Å². The molecule has 0 radical (unpaired) electrons. The average Bonchev–Trinajstić information content (AvgIpc) is 1.25. The highest BCUT2D eigenvalue weighted by Gasteiger charge is 2.43. The minimum Gasteiger partial charge on any atom is -0.497 e. The van der Waals surface area contributed by atoms with Crippen LogP contribution < -0.4 is 37.9 Å². The maximum atomic E-state index is 14.2. The Morgan fingerprint density at radius 3 is 0.493 bits per heavy atom. The van der Waals surface area contributed by atoms with E-state index < -0.39 is 61.1 Å². The van der Waals surface area contributed by atoms with E-state index in [9.17, 15) is 33.7 Å². The van der Waals surface area contributed by atoms with Gasteiger partial charge in [0.25, 0.3) is 0 Å². The standard InChI is InChI=1S/4C27H37NO5S/c4*1-5-7-21(2)27(18-26-8-6-17-33-26)34(29,30)28(19-22-9-13-24(31-3)14-10-22)20-23-11-15-25(32-4)16-12-23/h4*5,9-16,21,26-27H,1,6-8,17-20H2,2-4H3/t21-,26+,27+;21-,26+,27-;21-,26-,27+;21-,26-,27-/m0000/s1. The Morgan fingerprint density at radius 1 is 0.257 bits per heavy atom. The van der Waals surface area contributed by atoms with E-state index in [2.05, 4.69) is 26.3 Å². The van der Waals surface area contributed by atoms with Crippen molar-refractivity contribution in [3.63, 3.8) is 0 Å². The van der Waals surface area contributed by atoms with Crippen LogP contribution in [0.1, 0.15) is 175 Å². The van der Waals surface area contributed by atoms with Crippen LogP contribution in [0.4, 0.5) is 0 Å². The summed E-state index contributed by atoms with van der Waals surface area (Å²) in [5.74, 6) is 5.65. The zero-order valence-corrected chi connectivity index (χ0v) is 85.2. The quantitative estimate of drug-likeness (QED) is 0.0321. The summed E-state index contributed by atoms with van der Waals surface area (Å²) in [4.78, 5) is 0. The molecule has 4 heterocycles. The molecule has 0 amide bonds. The zero-order chi connectivity index (χ0) is 98.2. The molecule has 0 unspecified atom stereocenters. The summed E-state index contributed by atoms with van der Waals surface area (Å²) in [5, 5.41) is -2.20. The van der Waals surface area contributed by atoms with Gasteiger partial charge in [0.05, 0.1) is 102 Å². The minimum absolute atomic E-state index is 0.0177. The van der Waals surface area contributed by atoms with Crippen LogP contribution >= 0.6 is 0 Å². The number of hydrogen-bond acceptors (Lipinski definition) is 20.